The van der Waals surface area contributed by atoms with Crippen molar-refractivity contribution in [3.8, 4) is 24.3 Å². The molecule has 7 aromatic carbocycles. The predicted molar refractivity (Wildman–Crippen MR) is 267 cm³/mol. The molecular formula is C62H58N4. The van der Waals surface area contributed by atoms with Crippen LogP contribution in [0, 0.1) is 51.2 Å². The Balaban J connectivity index is 1.39. The third kappa shape index (κ3) is 11.8. The van der Waals surface area contributed by atoms with Gasteiger partial charge in [0.2, 0.25) is 0 Å². The lowest BCUT2D eigenvalue weighted by atomic mass is 9.61. The van der Waals surface area contributed by atoms with E-state index in [-0.39, 0.29) is 17.8 Å². The predicted octanol–water partition coefficient (Wildman–Crippen LogP) is 15.2. The molecule has 5 atom stereocenters. The van der Waals surface area contributed by atoms with Gasteiger partial charge >= 0.3 is 0 Å². The molecule has 66 heavy (non-hydrogen) atoms. The quantitative estimate of drug-likeness (QED) is 0.0763. The standard InChI is InChI=1S/C62H58N4/c1-3-46(2)37-58(52-13-7-4-8-14-52)40-62(60-15-9-5-10-16-60,61-17-11-6-12-18-61)41-59(55-34-28-51(45-66)29-35-55)39-57(54-32-26-50(44-65)27-33-54)38-56(53-30-24-49(43-64)25-31-53)36-23-47-19-21-48(42-63)22-20-47/h4-22,24-35,46,56-59H,3,23,36-41H2,1-2H3. The lowest BCUT2D eigenvalue weighted by molar-refractivity contribution is 0.314. The zero-order valence-corrected chi connectivity index (χ0v) is 38.2. The maximum Gasteiger partial charge on any atom is 0.0991 e. The highest BCUT2D eigenvalue weighted by molar-refractivity contribution is 5.44. The van der Waals surface area contributed by atoms with Crippen LogP contribution < -0.4 is 0 Å². The average Bonchev–Trinajstić information content (AvgIpc) is 3.39. The molecule has 0 N–H and O–H groups in total. The smallest absolute Gasteiger partial charge is 0.0991 e. The van der Waals surface area contributed by atoms with Crippen molar-refractivity contribution in [3.63, 3.8) is 0 Å². The minimum atomic E-state index is -0.396. The summed E-state index contributed by atoms with van der Waals surface area (Å²) in [5.41, 5.74) is 10.9. The third-order valence-electron chi connectivity index (χ3n) is 14.0. The van der Waals surface area contributed by atoms with E-state index in [1.54, 1.807) is 0 Å². The van der Waals surface area contributed by atoms with Gasteiger partial charge in [-0.15, -0.1) is 0 Å². The Labute approximate surface area is 393 Å². The van der Waals surface area contributed by atoms with Crippen LogP contribution in [0.5, 0.6) is 0 Å². The lowest BCUT2D eigenvalue weighted by Gasteiger charge is -2.42. The number of hydrogen-bond acceptors (Lipinski definition) is 4. The SMILES string of the molecule is CCC(C)CC(CC(CC(CC(CC(CCc1ccc(C#N)cc1)c1ccc(C#N)cc1)c1ccc(C#N)cc1)c1ccc(C#N)cc1)(c1ccccc1)c1ccccc1)c1ccccc1. The van der Waals surface area contributed by atoms with Crippen molar-refractivity contribution < 1.29 is 0 Å². The highest BCUT2D eigenvalue weighted by Gasteiger charge is 2.40. The molecule has 0 bridgehead atoms. The van der Waals surface area contributed by atoms with Crippen molar-refractivity contribution in [1.29, 1.82) is 21.0 Å². The van der Waals surface area contributed by atoms with Gasteiger partial charge in [0, 0.05) is 5.41 Å². The summed E-state index contributed by atoms with van der Waals surface area (Å²) >= 11 is 0. The van der Waals surface area contributed by atoms with E-state index in [0.717, 1.165) is 51.4 Å². The summed E-state index contributed by atoms with van der Waals surface area (Å²) in [7, 11) is 0. The third-order valence-corrected chi connectivity index (χ3v) is 14.0. The molecule has 0 amide bonds. The molecule has 0 aromatic heterocycles. The molecule has 4 heteroatoms. The Morgan fingerprint density at radius 1 is 0.394 bits per heavy atom. The molecule has 0 aliphatic rings. The van der Waals surface area contributed by atoms with Gasteiger partial charge in [0.25, 0.3) is 0 Å². The number of nitriles is 4. The van der Waals surface area contributed by atoms with Crippen LogP contribution in [-0.2, 0) is 11.8 Å². The summed E-state index contributed by atoms with van der Waals surface area (Å²) in [4.78, 5) is 0. The first kappa shape index (κ1) is 46.5. The van der Waals surface area contributed by atoms with E-state index in [1.165, 1.54) is 38.9 Å². The van der Waals surface area contributed by atoms with Crippen LogP contribution in [0.15, 0.2) is 188 Å². The molecule has 7 aromatic rings. The Morgan fingerprint density at radius 2 is 0.742 bits per heavy atom. The Morgan fingerprint density at radius 3 is 1.17 bits per heavy atom. The first-order chi connectivity index (χ1) is 32.3. The Bertz CT molecular complexity index is 2710. The highest BCUT2D eigenvalue weighted by Crippen LogP contribution is 2.51. The van der Waals surface area contributed by atoms with Gasteiger partial charge in [0.05, 0.1) is 46.5 Å². The molecule has 4 nitrogen and oxygen atoms in total. The van der Waals surface area contributed by atoms with Crippen LogP contribution in [0.3, 0.4) is 0 Å². The fourth-order valence-corrected chi connectivity index (χ4v) is 10.2. The fraction of sp³-hybridized carbons (Fsp3) is 0.258. The number of hydrogen-bond donors (Lipinski definition) is 0. The molecule has 0 aliphatic heterocycles. The van der Waals surface area contributed by atoms with E-state index in [4.69, 9.17) is 0 Å². The lowest BCUT2D eigenvalue weighted by Crippen LogP contribution is -2.33. The second-order valence-corrected chi connectivity index (χ2v) is 18.2. The van der Waals surface area contributed by atoms with Gasteiger partial charge in [0.1, 0.15) is 0 Å². The average molecular weight is 859 g/mol. The van der Waals surface area contributed by atoms with Gasteiger partial charge in [-0.1, -0.05) is 160 Å². The second kappa shape index (κ2) is 22.9. The van der Waals surface area contributed by atoms with E-state index in [9.17, 15) is 21.0 Å². The summed E-state index contributed by atoms with van der Waals surface area (Å²) in [6, 6.07) is 75.1. The molecule has 0 saturated carbocycles. The minimum absolute atomic E-state index is 0.0546. The highest BCUT2D eigenvalue weighted by atomic mass is 14.4. The van der Waals surface area contributed by atoms with Crippen molar-refractivity contribution in [1.82, 2.24) is 0 Å². The number of nitrogens with zero attached hydrogens (tertiary/aromatic N) is 4. The molecule has 0 heterocycles. The van der Waals surface area contributed by atoms with Crippen LogP contribution in [0.1, 0.15) is 144 Å². The molecule has 0 radical (unpaired) electrons. The van der Waals surface area contributed by atoms with Crippen LogP contribution in [0.2, 0.25) is 0 Å². The first-order valence-corrected chi connectivity index (χ1v) is 23.5. The fourth-order valence-electron chi connectivity index (χ4n) is 10.2. The van der Waals surface area contributed by atoms with Gasteiger partial charge in [-0.2, -0.15) is 21.0 Å². The first-order valence-electron chi connectivity index (χ1n) is 23.5. The molecular weight excluding hydrogens is 801 g/mol. The molecule has 0 saturated heterocycles. The van der Waals surface area contributed by atoms with Crippen molar-refractivity contribution in [2.24, 2.45) is 5.92 Å². The zero-order chi connectivity index (χ0) is 46.1. The van der Waals surface area contributed by atoms with E-state index < -0.39 is 5.41 Å². The maximum absolute atomic E-state index is 9.98. The summed E-state index contributed by atoms with van der Waals surface area (Å²) < 4.78 is 0. The van der Waals surface area contributed by atoms with E-state index in [0.29, 0.717) is 34.1 Å². The van der Waals surface area contributed by atoms with Crippen molar-refractivity contribution in [3.05, 3.63) is 249 Å². The van der Waals surface area contributed by atoms with Crippen molar-refractivity contribution >= 4 is 0 Å². The topological polar surface area (TPSA) is 95.2 Å². The van der Waals surface area contributed by atoms with Crippen molar-refractivity contribution in [2.75, 3.05) is 0 Å². The largest absolute Gasteiger partial charge is 0.192 e. The van der Waals surface area contributed by atoms with E-state index in [1.807, 2.05) is 48.5 Å². The normalized spacial score (nSPS) is 13.4. The Kier molecular flexibility index (Phi) is 16.1. The zero-order valence-electron chi connectivity index (χ0n) is 38.2. The molecule has 0 spiro atoms. The van der Waals surface area contributed by atoms with Gasteiger partial charge in [-0.25, -0.2) is 0 Å². The molecule has 5 unspecified atom stereocenters. The van der Waals surface area contributed by atoms with Crippen LogP contribution in [-0.4, -0.2) is 0 Å². The van der Waals surface area contributed by atoms with E-state index >= 15 is 0 Å². The van der Waals surface area contributed by atoms with Gasteiger partial charge < -0.3 is 0 Å². The van der Waals surface area contributed by atoms with E-state index in [2.05, 4.69) is 178 Å². The molecule has 7 rings (SSSR count). The molecule has 0 fully saturated rings. The van der Waals surface area contributed by atoms with Gasteiger partial charge in [-0.3, -0.25) is 0 Å². The van der Waals surface area contributed by atoms with Crippen LogP contribution in [0.25, 0.3) is 0 Å². The number of rotatable bonds is 20. The summed E-state index contributed by atoms with van der Waals surface area (Å²) in [6.45, 7) is 4.68. The summed E-state index contributed by atoms with van der Waals surface area (Å²) in [6.07, 6.45) is 7.30. The second-order valence-electron chi connectivity index (χ2n) is 18.2. The maximum atomic E-state index is 9.98. The summed E-state index contributed by atoms with van der Waals surface area (Å²) in [5, 5.41) is 39.1. The van der Waals surface area contributed by atoms with Crippen molar-refractivity contribution in [2.45, 2.75) is 94.3 Å². The van der Waals surface area contributed by atoms with Gasteiger partial charge in [-0.05, 0) is 162 Å². The number of benzene rings is 7. The Hall–Kier alpha value is -7.50. The monoisotopic (exact) mass is 858 g/mol. The molecule has 326 valence electrons. The van der Waals surface area contributed by atoms with Crippen LogP contribution in [0.4, 0.5) is 0 Å². The number of aryl methyl sites for hydroxylation is 1. The van der Waals surface area contributed by atoms with Crippen LogP contribution >= 0.6 is 0 Å². The molecule has 0 aliphatic carbocycles. The minimum Gasteiger partial charge on any atom is -0.192 e. The summed E-state index contributed by atoms with van der Waals surface area (Å²) in [5.74, 6) is 1.10. The van der Waals surface area contributed by atoms with Gasteiger partial charge in [0.15, 0.2) is 0 Å².